The number of benzene rings is 2. The monoisotopic (exact) mass is 429 g/mol. The third-order valence-corrected chi connectivity index (χ3v) is 3.94. The van der Waals surface area contributed by atoms with Crippen LogP contribution in [-0.2, 0) is 4.79 Å². The maximum atomic E-state index is 12.0. The Morgan fingerprint density at radius 2 is 1.96 bits per heavy atom. The number of amides is 2. The Bertz CT molecular complexity index is 848. The zero-order chi connectivity index (χ0) is 19.6. The van der Waals surface area contributed by atoms with Crippen LogP contribution in [0.1, 0.15) is 21.5 Å². The number of carbonyl (C=O) groups excluding carboxylic acids is 2. The maximum Gasteiger partial charge on any atom is 0.259 e. The molecular weight excluding hydrogens is 410 g/mol. The minimum absolute atomic E-state index is 0.178. The lowest BCUT2D eigenvalue weighted by Crippen LogP contribution is -2.34. The van der Waals surface area contributed by atoms with E-state index in [0.29, 0.717) is 23.5 Å². The van der Waals surface area contributed by atoms with Gasteiger partial charge in [0, 0.05) is 15.6 Å². The number of ether oxygens (including phenoxy) is 1. The highest BCUT2D eigenvalue weighted by Gasteiger charge is 2.07. The van der Waals surface area contributed by atoms with E-state index in [2.05, 4.69) is 38.4 Å². The smallest absolute Gasteiger partial charge is 0.259 e. The third-order valence-electron chi connectivity index (χ3n) is 3.44. The van der Waals surface area contributed by atoms with Crippen LogP contribution in [0.5, 0.6) is 5.75 Å². The number of carbonyl (C=O) groups is 2. The van der Waals surface area contributed by atoms with E-state index < -0.39 is 5.91 Å². The molecule has 0 heterocycles. The standard InChI is InChI=1S/C20H20BrN3O3/c1-3-10-27-18-9-8-17(21)11-16(18)12-23-24-19(25)13-22-20(26)15-6-4-14(2)5-7-15/h3-9,11-12H,1,10,13H2,2H3,(H,22,26)(H,24,25). The number of hydrogen-bond acceptors (Lipinski definition) is 4. The molecule has 6 nitrogen and oxygen atoms in total. The molecule has 0 atom stereocenters. The quantitative estimate of drug-likeness (QED) is 0.384. The van der Waals surface area contributed by atoms with Gasteiger partial charge in [0.25, 0.3) is 11.8 Å². The molecule has 2 aromatic rings. The van der Waals surface area contributed by atoms with E-state index in [9.17, 15) is 9.59 Å². The molecule has 0 aliphatic heterocycles. The van der Waals surface area contributed by atoms with Gasteiger partial charge < -0.3 is 10.1 Å². The van der Waals surface area contributed by atoms with Gasteiger partial charge in [0.2, 0.25) is 0 Å². The summed E-state index contributed by atoms with van der Waals surface area (Å²) in [6.45, 7) is 5.73. The Kier molecular flexibility index (Phi) is 7.76. The van der Waals surface area contributed by atoms with Crippen molar-refractivity contribution in [2.75, 3.05) is 13.2 Å². The van der Waals surface area contributed by atoms with Crippen LogP contribution in [0.4, 0.5) is 0 Å². The van der Waals surface area contributed by atoms with Crippen molar-refractivity contribution >= 4 is 34.0 Å². The van der Waals surface area contributed by atoms with Crippen molar-refractivity contribution in [3.05, 3.63) is 76.3 Å². The second-order valence-corrected chi connectivity index (χ2v) is 6.54. The molecule has 0 saturated carbocycles. The molecule has 2 N–H and O–H groups in total. The normalized spacial score (nSPS) is 10.4. The lowest BCUT2D eigenvalue weighted by molar-refractivity contribution is -0.120. The van der Waals surface area contributed by atoms with Gasteiger partial charge in [0.15, 0.2) is 0 Å². The molecule has 140 valence electrons. The van der Waals surface area contributed by atoms with Crippen molar-refractivity contribution in [2.24, 2.45) is 5.10 Å². The fraction of sp³-hybridized carbons (Fsp3) is 0.150. The summed E-state index contributed by atoms with van der Waals surface area (Å²) in [5.74, 6) is -0.139. The van der Waals surface area contributed by atoms with Gasteiger partial charge in [-0.05, 0) is 37.3 Å². The molecule has 0 aliphatic carbocycles. The Morgan fingerprint density at radius 3 is 2.67 bits per heavy atom. The van der Waals surface area contributed by atoms with Crippen molar-refractivity contribution in [3.63, 3.8) is 0 Å². The third kappa shape index (κ3) is 6.71. The highest BCUT2D eigenvalue weighted by atomic mass is 79.9. The van der Waals surface area contributed by atoms with Crippen LogP contribution < -0.4 is 15.5 Å². The molecule has 2 aromatic carbocycles. The first-order valence-corrected chi connectivity index (χ1v) is 8.99. The lowest BCUT2D eigenvalue weighted by atomic mass is 10.1. The summed E-state index contributed by atoms with van der Waals surface area (Å²) in [6.07, 6.45) is 3.12. The summed E-state index contributed by atoms with van der Waals surface area (Å²) < 4.78 is 6.39. The van der Waals surface area contributed by atoms with Gasteiger partial charge in [-0.1, -0.05) is 46.3 Å². The molecular formula is C20H20BrN3O3. The summed E-state index contributed by atoms with van der Waals surface area (Å²) in [6, 6.07) is 12.5. The van der Waals surface area contributed by atoms with E-state index in [1.54, 1.807) is 24.3 Å². The Labute approximate surface area is 166 Å². The Morgan fingerprint density at radius 1 is 1.22 bits per heavy atom. The van der Waals surface area contributed by atoms with Crippen LogP contribution in [0, 0.1) is 6.92 Å². The van der Waals surface area contributed by atoms with Crippen LogP contribution >= 0.6 is 15.9 Å². The Hall–Kier alpha value is -2.93. The molecule has 0 spiro atoms. The van der Waals surface area contributed by atoms with Gasteiger partial charge in [0.1, 0.15) is 12.4 Å². The van der Waals surface area contributed by atoms with Crippen molar-refractivity contribution in [3.8, 4) is 5.75 Å². The van der Waals surface area contributed by atoms with Gasteiger partial charge in [-0.15, -0.1) is 0 Å². The predicted molar refractivity (Wildman–Crippen MR) is 109 cm³/mol. The van der Waals surface area contributed by atoms with Crippen molar-refractivity contribution in [1.29, 1.82) is 0 Å². The average molecular weight is 430 g/mol. The summed E-state index contributed by atoms with van der Waals surface area (Å²) in [7, 11) is 0. The van der Waals surface area contributed by atoms with Crippen LogP contribution in [-0.4, -0.2) is 31.2 Å². The van der Waals surface area contributed by atoms with Crippen LogP contribution in [0.2, 0.25) is 0 Å². The van der Waals surface area contributed by atoms with Gasteiger partial charge >= 0.3 is 0 Å². The Balaban J connectivity index is 1.87. The summed E-state index contributed by atoms with van der Waals surface area (Å²) in [4.78, 5) is 23.8. The fourth-order valence-corrected chi connectivity index (χ4v) is 2.46. The number of aryl methyl sites for hydroxylation is 1. The van der Waals surface area contributed by atoms with Crippen molar-refractivity contribution in [1.82, 2.24) is 10.7 Å². The zero-order valence-corrected chi connectivity index (χ0v) is 16.5. The molecule has 27 heavy (non-hydrogen) atoms. The summed E-state index contributed by atoms with van der Waals surface area (Å²) in [5.41, 5.74) is 4.62. The lowest BCUT2D eigenvalue weighted by Gasteiger charge is -2.07. The van der Waals surface area contributed by atoms with Gasteiger partial charge in [0.05, 0.1) is 12.8 Å². The van der Waals surface area contributed by atoms with E-state index in [-0.39, 0.29) is 12.5 Å². The second kappa shape index (κ2) is 10.3. The highest BCUT2D eigenvalue weighted by molar-refractivity contribution is 9.10. The van der Waals surface area contributed by atoms with Crippen LogP contribution in [0.15, 0.2) is 64.7 Å². The van der Waals surface area contributed by atoms with Gasteiger partial charge in [-0.2, -0.15) is 5.10 Å². The van der Waals surface area contributed by atoms with E-state index >= 15 is 0 Å². The minimum atomic E-state index is -0.435. The topological polar surface area (TPSA) is 79.8 Å². The van der Waals surface area contributed by atoms with Crippen molar-refractivity contribution in [2.45, 2.75) is 6.92 Å². The molecule has 0 aromatic heterocycles. The number of hydrazone groups is 1. The minimum Gasteiger partial charge on any atom is -0.489 e. The molecule has 0 aliphatic rings. The number of nitrogens with zero attached hydrogens (tertiary/aromatic N) is 1. The molecule has 0 unspecified atom stereocenters. The molecule has 0 radical (unpaired) electrons. The largest absolute Gasteiger partial charge is 0.489 e. The van der Waals surface area contributed by atoms with E-state index in [0.717, 1.165) is 10.0 Å². The number of hydrogen-bond donors (Lipinski definition) is 2. The molecule has 0 bridgehead atoms. The SMILES string of the molecule is C=CCOc1ccc(Br)cc1C=NNC(=O)CNC(=O)c1ccc(C)cc1. The van der Waals surface area contributed by atoms with Gasteiger partial charge in [-0.25, -0.2) is 5.43 Å². The number of nitrogens with one attached hydrogen (secondary N) is 2. The number of halogens is 1. The molecule has 7 heteroatoms. The molecule has 2 rings (SSSR count). The predicted octanol–water partition coefficient (Wildman–Crippen LogP) is 3.20. The van der Waals surface area contributed by atoms with Gasteiger partial charge in [-0.3, -0.25) is 9.59 Å². The molecule has 2 amide bonds. The highest BCUT2D eigenvalue weighted by Crippen LogP contribution is 2.21. The first-order valence-electron chi connectivity index (χ1n) is 8.19. The first kappa shape index (κ1) is 20.4. The molecule has 0 saturated heterocycles. The van der Waals surface area contributed by atoms with Crippen molar-refractivity contribution < 1.29 is 14.3 Å². The first-order chi connectivity index (χ1) is 13.0. The van der Waals surface area contributed by atoms with Crippen LogP contribution in [0.3, 0.4) is 0 Å². The van der Waals surface area contributed by atoms with Crippen LogP contribution in [0.25, 0.3) is 0 Å². The maximum absolute atomic E-state index is 12.0. The fourth-order valence-electron chi connectivity index (χ4n) is 2.08. The molecule has 0 fully saturated rings. The number of rotatable bonds is 8. The average Bonchev–Trinajstić information content (AvgIpc) is 2.66. The summed E-state index contributed by atoms with van der Waals surface area (Å²) in [5, 5.41) is 6.46. The second-order valence-electron chi connectivity index (χ2n) is 5.62. The van der Waals surface area contributed by atoms with E-state index in [1.165, 1.54) is 6.21 Å². The zero-order valence-electron chi connectivity index (χ0n) is 14.9. The van der Waals surface area contributed by atoms with E-state index in [4.69, 9.17) is 4.74 Å². The summed E-state index contributed by atoms with van der Waals surface area (Å²) >= 11 is 3.38. The van der Waals surface area contributed by atoms with E-state index in [1.807, 2.05) is 31.2 Å².